The number of nitrogens with one attached hydrogen (secondary N) is 6. The zero-order valence-corrected chi connectivity index (χ0v) is 65.5. The van der Waals surface area contributed by atoms with E-state index in [0.29, 0.717) is 71.1 Å². The number of hydrogen-bond acceptors (Lipinski definition) is 10. The van der Waals surface area contributed by atoms with E-state index in [1.165, 1.54) is 40.8 Å². The first-order valence-corrected chi connectivity index (χ1v) is 38.6. The molecule has 0 fully saturated rings. The second-order valence-corrected chi connectivity index (χ2v) is 33.1. The molecule has 3 unspecified atom stereocenters. The minimum Gasteiger partial charge on any atom is -0.508 e. The van der Waals surface area contributed by atoms with Crippen LogP contribution < -0.4 is 36.8 Å². The third-order valence-electron chi connectivity index (χ3n) is 21.0. The fourth-order valence-corrected chi connectivity index (χ4v) is 15.1. The Hall–Kier alpha value is -8.09. The van der Waals surface area contributed by atoms with Gasteiger partial charge in [0.1, 0.15) is 18.8 Å². The number of anilines is 1. The molecule has 9 N–H and O–H groups in total. The molecule has 2 aliphatic rings. The van der Waals surface area contributed by atoms with Crippen molar-refractivity contribution in [2.75, 3.05) is 38.1 Å². The minimum atomic E-state index is -1.26. The zero-order chi connectivity index (χ0) is 76.8. The molecule has 0 saturated carbocycles. The number of aromatic hydroxyl groups is 1. The van der Waals surface area contributed by atoms with Crippen LogP contribution in [0.2, 0.25) is 0 Å². The normalized spacial score (nSPS) is 16.0. The fraction of sp³-hybridized carbons (Fsp3) is 0.612. The van der Waals surface area contributed by atoms with Crippen LogP contribution in [0.4, 0.5) is 16.2 Å². The van der Waals surface area contributed by atoms with Gasteiger partial charge in [-0.1, -0.05) is 168 Å². The molecule has 5 atom stereocenters. The molecule has 0 bridgehead atoms. The van der Waals surface area contributed by atoms with Crippen LogP contribution in [0.3, 0.4) is 0 Å². The molecule has 2 aliphatic heterocycles. The second-order valence-electron chi connectivity index (χ2n) is 33.1. The third kappa shape index (κ3) is 28.8. The van der Waals surface area contributed by atoms with Crippen molar-refractivity contribution in [1.29, 1.82) is 0 Å². The van der Waals surface area contributed by atoms with E-state index in [-0.39, 0.29) is 93.5 Å². The van der Waals surface area contributed by atoms with Crippen molar-refractivity contribution in [3.63, 3.8) is 0 Å². The maximum Gasteiger partial charge on any atom is 0.326 e. The molecule has 2 heterocycles. The Bertz CT molecular complexity index is 3450. The van der Waals surface area contributed by atoms with E-state index < -0.39 is 35.8 Å². The Morgan fingerprint density at radius 2 is 1.11 bits per heavy atom. The molecule has 6 amide bonds. The second kappa shape index (κ2) is 41.6. The van der Waals surface area contributed by atoms with E-state index in [9.17, 15) is 48.6 Å². The van der Waals surface area contributed by atoms with Crippen LogP contribution in [0.1, 0.15) is 254 Å². The van der Waals surface area contributed by atoms with Crippen molar-refractivity contribution < 1.29 is 58.3 Å². The zero-order valence-electron chi connectivity index (χ0n) is 65.5. The lowest BCUT2D eigenvalue weighted by molar-refractivity contribution is -0.401. The molecule has 0 aliphatic carbocycles. The van der Waals surface area contributed by atoms with Crippen molar-refractivity contribution in [3.05, 3.63) is 126 Å². The summed E-state index contributed by atoms with van der Waals surface area (Å²) in [5.41, 5.74) is 7.90. The Balaban J connectivity index is 1.01. The highest BCUT2D eigenvalue weighted by Gasteiger charge is 2.43. The third-order valence-corrected chi connectivity index (χ3v) is 21.0. The molecule has 3 aromatic carbocycles. The number of carboxylic acid groups (broad SMARTS) is 2. The van der Waals surface area contributed by atoms with Crippen LogP contribution >= 0.6 is 0 Å². The van der Waals surface area contributed by atoms with Crippen molar-refractivity contribution in [1.82, 2.24) is 31.9 Å². The number of unbranched alkanes of at least 4 members (excludes halogenated alkanes) is 6. The largest absolute Gasteiger partial charge is 0.508 e. The summed E-state index contributed by atoms with van der Waals surface area (Å²) in [6.45, 7) is 30.4. The lowest BCUT2D eigenvalue weighted by atomic mass is 9.74. The average Bonchev–Trinajstić information content (AvgIpc) is 1.61. The molecule has 0 radical (unpaired) electrons. The molecule has 104 heavy (non-hydrogen) atoms. The number of fused-ring (bicyclic) bond motifs is 2. The van der Waals surface area contributed by atoms with Crippen LogP contribution in [-0.4, -0.2) is 118 Å². The van der Waals surface area contributed by atoms with Gasteiger partial charge < -0.3 is 52.1 Å². The molecular formula is C85H129N8O11+. The average molecular weight is 1440 g/mol. The molecule has 0 aromatic heterocycles. The number of carbonyl (C=O) groups is 8. The number of Topliss-reactive ketones (excluding diaryl/α,β-unsaturated/α-hetero) is 1. The number of nitrogens with zero attached hydrogens (tertiary/aromatic N) is 2. The Morgan fingerprint density at radius 3 is 1.70 bits per heavy atom. The van der Waals surface area contributed by atoms with Gasteiger partial charge in [-0.2, -0.15) is 4.58 Å². The van der Waals surface area contributed by atoms with Gasteiger partial charge in [0.05, 0.1) is 11.5 Å². The first-order chi connectivity index (χ1) is 49.0. The maximum atomic E-state index is 14.2. The number of amides is 6. The van der Waals surface area contributed by atoms with Crippen molar-refractivity contribution >= 4 is 64.5 Å². The molecule has 19 heteroatoms. The SMILES string of the molecule is CCC(CC(C)(C)CCCC(CC(C)(C)CCCC(CC(C)(C)C)C(=O)NCCCCCCNC(=O)CCCCCN1C(=CC=CC=CC2=[N+](C)c3ccccc3C2(C)C)C(C)(C)c2ccccc21)C(=O)NCc1ccc(O)cc1)C(=O)NCCCC[C@H](NC(=O)N[C@@H](CCC(=O)O)C(C)=O)C(=O)O. The molecule has 5 rings (SSSR count). The quantitative estimate of drug-likeness (QED) is 0.0145. The summed E-state index contributed by atoms with van der Waals surface area (Å²) in [6.07, 6.45) is 25.6. The van der Waals surface area contributed by atoms with Crippen molar-refractivity contribution in [3.8, 4) is 5.75 Å². The highest BCUT2D eigenvalue weighted by atomic mass is 16.4. The van der Waals surface area contributed by atoms with E-state index in [1.807, 2.05) is 6.92 Å². The van der Waals surface area contributed by atoms with Gasteiger partial charge in [-0.15, -0.1) is 0 Å². The lowest BCUT2D eigenvalue weighted by Crippen LogP contribution is -2.50. The number of carbonyl (C=O) groups excluding carboxylic acids is 6. The number of phenols is 1. The minimum absolute atomic E-state index is 0.0288. The van der Waals surface area contributed by atoms with Gasteiger partial charge in [-0.3, -0.25) is 28.8 Å². The number of hydrogen-bond donors (Lipinski definition) is 9. The Kier molecular flexibility index (Phi) is 34.6. The van der Waals surface area contributed by atoms with Crippen LogP contribution in [0, 0.1) is 34.0 Å². The van der Waals surface area contributed by atoms with E-state index in [4.69, 9.17) is 5.11 Å². The van der Waals surface area contributed by atoms with Crippen LogP contribution in [0.5, 0.6) is 5.75 Å². The molecular weight excluding hydrogens is 1310 g/mol. The molecule has 0 saturated heterocycles. The van der Waals surface area contributed by atoms with Crippen molar-refractivity contribution in [2.45, 2.75) is 267 Å². The van der Waals surface area contributed by atoms with Crippen LogP contribution in [0.25, 0.3) is 0 Å². The number of para-hydroxylation sites is 2. The fourth-order valence-electron chi connectivity index (χ4n) is 15.1. The van der Waals surface area contributed by atoms with Gasteiger partial charge in [0.2, 0.25) is 29.3 Å². The highest BCUT2D eigenvalue weighted by Crippen LogP contribution is 2.48. The monoisotopic (exact) mass is 1440 g/mol. The molecule has 0 spiro atoms. The highest BCUT2D eigenvalue weighted by molar-refractivity contribution is 6.03. The number of urea groups is 1. The Morgan fingerprint density at radius 1 is 0.558 bits per heavy atom. The first kappa shape index (κ1) is 86.6. The summed E-state index contributed by atoms with van der Waals surface area (Å²) in [6, 6.07) is 21.0. The van der Waals surface area contributed by atoms with Crippen molar-refractivity contribution in [2.24, 2.45) is 34.0 Å². The van der Waals surface area contributed by atoms with Gasteiger partial charge in [0, 0.05) is 97.8 Å². The number of rotatable bonds is 47. The smallest absolute Gasteiger partial charge is 0.326 e. The number of benzene rings is 3. The summed E-state index contributed by atoms with van der Waals surface area (Å²) in [4.78, 5) is 105. The van der Waals surface area contributed by atoms with Crippen LogP contribution in [-0.2, 0) is 50.9 Å². The summed E-state index contributed by atoms with van der Waals surface area (Å²) in [5.74, 6) is -3.31. The van der Waals surface area contributed by atoms with Gasteiger partial charge in [-0.05, 0) is 175 Å². The van der Waals surface area contributed by atoms with Gasteiger partial charge in [0.25, 0.3) is 0 Å². The van der Waals surface area contributed by atoms with E-state index in [2.05, 4.69) is 203 Å². The molecule has 19 nitrogen and oxygen atoms in total. The number of ketones is 1. The molecule has 3 aromatic rings. The van der Waals surface area contributed by atoms with E-state index in [1.54, 1.807) is 24.3 Å². The van der Waals surface area contributed by atoms with Gasteiger partial charge in [-0.25, -0.2) is 9.59 Å². The van der Waals surface area contributed by atoms with Crippen LogP contribution in [0.15, 0.2) is 109 Å². The lowest BCUT2D eigenvalue weighted by Gasteiger charge is -2.32. The topological polar surface area (TPSA) is 276 Å². The summed E-state index contributed by atoms with van der Waals surface area (Å²) in [5, 5.41) is 46.0. The Labute approximate surface area is 622 Å². The standard InChI is InChI=1S/C85H128N8O11/c1-15-62(76(99)87-54-30-27-38-69(79(102)103)91-80(104)90-68(60(2)94)48-49-75(97)98)57-82(6,7)50-33-35-64(78(101)89-59-61-44-46-65(95)47-45-61)58-83(8,9)51-32-34-63(56-81(3,4)5)77(100)88-53-29-17-16-28-52-86-74(96)43-22-19-31-55-93-71-40-26-24-37-67(71)85(12,13)73(93)42-21-18-20-41-72-84(10,11)66-36-23-25-39-70(66)92(72)14/h18,20-21,23-26,36-37,39-42,44-47,62-64,68-69H,15-17,19,22,27-35,38,43,48-59H2,1-14H3,(H8-,86,87,88,89,90,91,95,96,97,98,99,100,101,102,103,104)/p+1/t62?,63?,64?,68-,69-/m0/s1. The number of phenolic OH excluding ortho intramolecular Hbond substituents is 1. The maximum absolute atomic E-state index is 14.2. The summed E-state index contributed by atoms with van der Waals surface area (Å²) in [7, 11) is 2.15. The summed E-state index contributed by atoms with van der Waals surface area (Å²) >= 11 is 0. The number of aliphatic carboxylic acids is 2. The van der Waals surface area contributed by atoms with Gasteiger partial charge >= 0.3 is 18.0 Å². The predicted octanol–water partition coefficient (Wildman–Crippen LogP) is 15.6. The van der Waals surface area contributed by atoms with Gasteiger partial charge in [0.15, 0.2) is 11.5 Å². The first-order valence-electron chi connectivity index (χ1n) is 38.6. The van der Waals surface area contributed by atoms with E-state index in [0.717, 1.165) is 95.6 Å². The number of carboxylic acids is 2. The predicted molar refractivity (Wildman–Crippen MR) is 417 cm³/mol. The molecule has 574 valence electrons. The summed E-state index contributed by atoms with van der Waals surface area (Å²) < 4.78 is 2.30. The van der Waals surface area contributed by atoms with E-state index >= 15 is 0 Å². The number of allylic oxidation sites excluding steroid dienone is 6.